The van der Waals surface area contributed by atoms with Crippen molar-refractivity contribution in [2.45, 2.75) is 20.3 Å². The number of rotatable bonds is 6. The highest BCUT2D eigenvalue weighted by atomic mass is 32.1. The Kier molecular flexibility index (Phi) is 5.05. The van der Waals surface area contributed by atoms with Gasteiger partial charge in [-0.3, -0.25) is 0 Å². The lowest BCUT2D eigenvalue weighted by Gasteiger charge is -2.05. The van der Waals surface area contributed by atoms with Crippen LogP contribution in [0.5, 0.6) is 0 Å². The number of nitrogens with zero attached hydrogens (tertiary/aromatic N) is 1. The van der Waals surface area contributed by atoms with Crippen LogP contribution in [-0.2, 0) is 6.42 Å². The summed E-state index contributed by atoms with van der Waals surface area (Å²) >= 11 is 1.66. The lowest BCUT2D eigenvalue weighted by Crippen LogP contribution is -2.22. The molecule has 19 heavy (non-hydrogen) atoms. The molecule has 1 N–H and O–H groups in total. The van der Waals surface area contributed by atoms with Gasteiger partial charge in [0.05, 0.1) is 10.7 Å². The van der Waals surface area contributed by atoms with Gasteiger partial charge in [-0.1, -0.05) is 13.8 Å². The minimum Gasteiger partial charge on any atom is -0.316 e. The van der Waals surface area contributed by atoms with Crippen molar-refractivity contribution >= 4 is 11.3 Å². The number of aromatic nitrogens is 1. The fourth-order valence-corrected chi connectivity index (χ4v) is 2.57. The first kappa shape index (κ1) is 14.2. The van der Waals surface area contributed by atoms with Gasteiger partial charge in [-0.2, -0.15) is 0 Å². The van der Waals surface area contributed by atoms with E-state index >= 15 is 0 Å². The molecule has 0 radical (unpaired) electrons. The maximum atomic E-state index is 12.9. The van der Waals surface area contributed by atoms with Gasteiger partial charge >= 0.3 is 0 Å². The maximum absolute atomic E-state index is 12.9. The van der Waals surface area contributed by atoms with Gasteiger partial charge in [0, 0.05) is 23.9 Å². The van der Waals surface area contributed by atoms with E-state index in [0.29, 0.717) is 5.92 Å². The van der Waals surface area contributed by atoms with Gasteiger partial charge in [0.15, 0.2) is 0 Å². The first-order valence-corrected chi connectivity index (χ1v) is 7.44. The van der Waals surface area contributed by atoms with Crippen LogP contribution < -0.4 is 5.32 Å². The lowest BCUT2D eigenvalue weighted by molar-refractivity contribution is 0.554. The fraction of sp³-hybridized carbons (Fsp3) is 0.400. The van der Waals surface area contributed by atoms with Gasteiger partial charge in [-0.15, -0.1) is 11.3 Å². The van der Waals surface area contributed by atoms with E-state index in [2.05, 4.69) is 24.1 Å². The molecule has 0 fully saturated rings. The third-order valence-corrected chi connectivity index (χ3v) is 3.67. The van der Waals surface area contributed by atoms with Gasteiger partial charge in [0.2, 0.25) is 0 Å². The third kappa shape index (κ3) is 4.40. The van der Waals surface area contributed by atoms with Crippen LogP contribution in [0.15, 0.2) is 29.6 Å². The first-order valence-electron chi connectivity index (χ1n) is 6.56. The molecule has 0 saturated heterocycles. The molecular formula is C15H19FN2S. The molecular weight excluding hydrogens is 259 g/mol. The molecule has 0 atom stereocenters. The van der Waals surface area contributed by atoms with E-state index in [4.69, 9.17) is 0 Å². The van der Waals surface area contributed by atoms with Crippen LogP contribution >= 0.6 is 11.3 Å². The average Bonchev–Trinajstić information content (AvgIpc) is 2.84. The second-order valence-electron chi connectivity index (χ2n) is 4.98. The second-order valence-corrected chi connectivity index (χ2v) is 5.92. The summed E-state index contributed by atoms with van der Waals surface area (Å²) in [5.74, 6) is 0.461. The zero-order valence-electron chi connectivity index (χ0n) is 11.3. The zero-order chi connectivity index (χ0) is 13.7. The summed E-state index contributed by atoms with van der Waals surface area (Å²) in [6, 6.07) is 6.48. The van der Waals surface area contributed by atoms with Crippen LogP contribution in [0.4, 0.5) is 4.39 Å². The molecule has 0 bridgehead atoms. The van der Waals surface area contributed by atoms with E-state index in [1.54, 1.807) is 23.5 Å². The van der Waals surface area contributed by atoms with Crippen molar-refractivity contribution in [3.63, 3.8) is 0 Å². The summed E-state index contributed by atoms with van der Waals surface area (Å²) in [5, 5.41) is 6.56. The van der Waals surface area contributed by atoms with E-state index in [1.165, 1.54) is 12.1 Å². The van der Waals surface area contributed by atoms with Gasteiger partial charge in [-0.05, 0) is 36.7 Å². The summed E-state index contributed by atoms with van der Waals surface area (Å²) in [7, 11) is 0. The highest BCUT2D eigenvalue weighted by molar-refractivity contribution is 7.09. The molecule has 0 unspecified atom stereocenters. The third-order valence-electron chi connectivity index (χ3n) is 2.76. The molecule has 102 valence electrons. The van der Waals surface area contributed by atoms with Crippen molar-refractivity contribution in [3.05, 3.63) is 40.5 Å². The topological polar surface area (TPSA) is 24.9 Å². The number of benzene rings is 1. The Morgan fingerprint density at radius 2 is 2.00 bits per heavy atom. The van der Waals surface area contributed by atoms with Gasteiger partial charge in [0.25, 0.3) is 0 Å². The van der Waals surface area contributed by atoms with Crippen molar-refractivity contribution in [1.82, 2.24) is 10.3 Å². The van der Waals surface area contributed by atoms with Crippen LogP contribution in [-0.4, -0.2) is 18.1 Å². The molecule has 0 amide bonds. The van der Waals surface area contributed by atoms with Crippen LogP contribution in [0.1, 0.15) is 18.9 Å². The Labute approximate surface area is 117 Å². The van der Waals surface area contributed by atoms with Crippen molar-refractivity contribution < 1.29 is 4.39 Å². The average molecular weight is 278 g/mol. The van der Waals surface area contributed by atoms with E-state index in [0.717, 1.165) is 35.8 Å². The molecule has 1 heterocycles. The number of nitrogens with one attached hydrogen (secondary N) is 1. The minimum atomic E-state index is -0.211. The Morgan fingerprint density at radius 3 is 2.68 bits per heavy atom. The highest BCUT2D eigenvalue weighted by Crippen LogP contribution is 2.22. The normalized spacial score (nSPS) is 11.2. The standard InChI is InChI=1S/C15H19FN2S/c1-11(2)9-17-8-7-15-18-14(10-19-15)12-3-5-13(16)6-4-12/h3-6,10-11,17H,7-9H2,1-2H3. The van der Waals surface area contributed by atoms with Crippen LogP contribution in [0, 0.1) is 11.7 Å². The summed E-state index contributed by atoms with van der Waals surface area (Å²) in [5.41, 5.74) is 1.91. The van der Waals surface area contributed by atoms with E-state index in [9.17, 15) is 4.39 Å². The summed E-state index contributed by atoms with van der Waals surface area (Å²) in [6.45, 7) is 6.39. The van der Waals surface area contributed by atoms with E-state index < -0.39 is 0 Å². The van der Waals surface area contributed by atoms with Crippen molar-refractivity contribution in [2.24, 2.45) is 5.92 Å². The largest absolute Gasteiger partial charge is 0.316 e. The molecule has 4 heteroatoms. The Balaban J connectivity index is 1.90. The molecule has 0 saturated carbocycles. The Bertz CT molecular complexity index is 505. The first-order chi connectivity index (χ1) is 9.15. The van der Waals surface area contributed by atoms with E-state index in [-0.39, 0.29) is 5.82 Å². The molecule has 0 spiro atoms. The molecule has 0 aliphatic carbocycles. The molecule has 1 aromatic carbocycles. The fourth-order valence-electron chi connectivity index (χ4n) is 1.77. The van der Waals surface area contributed by atoms with Gasteiger partial charge < -0.3 is 5.32 Å². The molecule has 2 aromatic rings. The smallest absolute Gasteiger partial charge is 0.123 e. The summed E-state index contributed by atoms with van der Waals surface area (Å²) < 4.78 is 12.9. The number of thiazole rings is 1. The van der Waals surface area contributed by atoms with Gasteiger partial charge in [-0.25, -0.2) is 9.37 Å². The van der Waals surface area contributed by atoms with Crippen molar-refractivity contribution in [2.75, 3.05) is 13.1 Å². The summed E-state index contributed by atoms with van der Waals surface area (Å²) in [6.07, 6.45) is 0.943. The van der Waals surface area contributed by atoms with Crippen LogP contribution in [0.2, 0.25) is 0 Å². The second kappa shape index (κ2) is 6.78. The predicted molar refractivity (Wildman–Crippen MR) is 78.9 cm³/mol. The van der Waals surface area contributed by atoms with E-state index in [1.807, 2.05) is 5.38 Å². The Morgan fingerprint density at radius 1 is 1.26 bits per heavy atom. The molecule has 2 nitrogen and oxygen atoms in total. The SMILES string of the molecule is CC(C)CNCCc1nc(-c2ccc(F)cc2)cs1. The minimum absolute atomic E-state index is 0.211. The lowest BCUT2D eigenvalue weighted by atomic mass is 10.2. The number of hydrogen-bond acceptors (Lipinski definition) is 3. The van der Waals surface area contributed by atoms with Gasteiger partial charge in [0.1, 0.15) is 5.82 Å². The number of halogens is 1. The predicted octanol–water partition coefficient (Wildman–Crippen LogP) is 3.74. The monoisotopic (exact) mass is 278 g/mol. The van der Waals surface area contributed by atoms with Crippen molar-refractivity contribution in [1.29, 1.82) is 0 Å². The molecule has 0 aliphatic heterocycles. The molecule has 1 aromatic heterocycles. The summed E-state index contributed by atoms with van der Waals surface area (Å²) in [4.78, 5) is 4.58. The molecule has 0 aliphatic rings. The molecule has 2 rings (SSSR count). The zero-order valence-corrected chi connectivity index (χ0v) is 12.1. The quantitative estimate of drug-likeness (QED) is 0.814. The van der Waals surface area contributed by atoms with Crippen LogP contribution in [0.25, 0.3) is 11.3 Å². The highest BCUT2D eigenvalue weighted by Gasteiger charge is 2.04. The Hall–Kier alpha value is -1.26. The maximum Gasteiger partial charge on any atom is 0.123 e. The van der Waals surface area contributed by atoms with Crippen molar-refractivity contribution in [3.8, 4) is 11.3 Å². The van der Waals surface area contributed by atoms with Crippen LogP contribution in [0.3, 0.4) is 0 Å². The number of hydrogen-bond donors (Lipinski definition) is 1.